The standard InChI is InChI=1S/C8H14N2O2/c1-4-5-9-6(2)8(10-12)7(3)11/h12H,4-5H2,1-3H3/b9-6?,10-8-. The van der Waals surface area contributed by atoms with Gasteiger partial charge in [0.15, 0.2) is 11.5 Å². The van der Waals surface area contributed by atoms with Gasteiger partial charge in [-0.15, -0.1) is 0 Å². The quantitative estimate of drug-likeness (QED) is 0.392. The molecule has 0 saturated heterocycles. The summed E-state index contributed by atoms with van der Waals surface area (Å²) in [4.78, 5) is 14.8. The molecule has 0 fully saturated rings. The Kier molecular flexibility index (Phi) is 4.92. The molecule has 12 heavy (non-hydrogen) atoms. The van der Waals surface area contributed by atoms with E-state index in [1.54, 1.807) is 6.92 Å². The fourth-order valence-corrected chi connectivity index (χ4v) is 0.752. The van der Waals surface area contributed by atoms with Crippen molar-refractivity contribution in [2.45, 2.75) is 27.2 Å². The minimum absolute atomic E-state index is 0.0449. The first-order valence-electron chi connectivity index (χ1n) is 3.87. The number of oxime groups is 1. The zero-order valence-corrected chi connectivity index (χ0v) is 7.66. The van der Waals surface area contributed by atoms with Crippen LogP contribution in [0.3, 0.4) is 0 Å². The summed E-state index contributed by atoms with van der Waals surface area (Å²) in [6.07, 6.45) is 0.911. The summed E-state index contributed by atoms with van der Waals surface area (Å²) in [6, 6.07) is 0. The zero-order valence-electron chi connectivity index (χ0n) is 7.66. The lowest BCUT2D eigenvalue weighted by molar-refractivity contribution is -0.111. The van der Waals surface area contributed by atoms with Crippen molar-refractivity contribution in [2.75, 3.05) is 6.54 Å². The summed E-state index contributed by atoms with van der Waals surface area (Å²) in [6.45, 7) is 5.64. The van der Waals surface area contributed by atoms with E-state index >= 15 is 0 Å². The number of aliphatic imine (C=N–C) groups is 1. The highest BCUT2D eigenvalue weighted by molar-refractivity contribution is 6.66. The molecule has 0 aromatic heterocycles. The topological polar surface area (TPSA) is 62.0 Å². The van der Waals surface area contributed by atoms with Gasteiger partial charge >= 0.3 is 0 Å². The van der Waals surface area contributed by atoms with Crippen LogP contribution in [0, 0.1) is 0 Å². The molecule has 0 rings (SSSR count). The van der Waals surface area contributed by atoms with Crippen LogP contribution >= 0.6 is 0 Å². The Bertz CT molecular complexity index is 219. The average molecular weight is 170 g/mol. The van der Waals surface area contributed by atoms with E-state index in [1.165, 1.54) is 6.92 Å². The number of Topliss-reactive ketones (excluding diaryl/α,β-unsaturated/α-hetero) is 1. The van der Waals surface area contributed by atoms with Crippen LogP contribution < -0.4 is 0 Å². The van der Waals surface area contributed by atoms with Gasteiger partial charge in [0.05, 0.1) is 5.71 Å². The first-order valence-corrected chi connectivity index (χ1v) is 3.87. The Morgan fingerprint density at radius 1 is 1.42 bits per heavy atom. The van der Waals surface area contributed by atoms with E-state index in [1.807, 2.05) is 6.92 Å². The van der Waals surface area contributed by atoms with Crippen LogP contribution in [0.5, 0.6) is 0 Å². The predicted molar refractivity (Wildman–Crippen MR) is 48.2 cm³/mol. The van der Waals surface area contributed by atoms with Crippen LogP contribution in [0.15, 0.2) is 10.1 Å². The van der Waals surface area contributed by atoms with E-state index in [4.69, 9.17) is 5.21 Å². The number of hydrogen-bond acceptors (Lipinski definition) is 4. The Hall–Kier alpha value is -1.19. The fourth-order valence-electron chi connectivity index (χ4n) is 0.752. The maximum absolute atomic E-state index is 10.8. The molecule has 68 valence electrons. The highest BCUT2D eigenvalue weighted by Crippen LogP contribution is 1.88. The Morgan fingerprint density at radius 3 is 2.33 bits per heavy atom. The highest BCUT2D eigenvalue weighted by atomic mass is 16.4. The summed E-state index contributed by atoms with van der Waals surface area (Å²) in [7, 11) is 0. The SMILES string of the molecule is CCCN=C(C)/C(=N/O)C(C)=O. The summed E-state index contributed by atoms with van der Waals surface area (Å²) in [5.41, 5.74) is 0.537. The van der Waals surface area contributed by atoms with Gasteiger partial charge in [0.2, 0.25) is 0 Å². The molecule has 0 heterocycles. The molecule has 0 radical (unpaired) electrons. The van der Waals surface area contributed by atoms with Crippen molar-refractivity contribution in [3.63, 3.8) is 0 Å². The second kappa shape index (κ2) is 5.46. The van der Waals surface area contributed by atoms with Crippen LogP contribution in [-0.4, -0.2) is 29.0 Å². The van der Waals surface area contributed by atoms with Crippen LogP contribution in [0.4, 0.5) is 0 Å². The minimum Gasteiger partial charge on any atom is -0.410 e. The van der Waals surface area contributed by atoms with E-state index in [9.17, 15) is 4.79 Å². The van der Waals surface area contributed by atoms with Crippen LogP contribution in [0.1, 0.15) is 27.2 Å². The van der Waals surface area contributed by atoms with Gasteiger partial charge in [0, 0.05) is 13.5 Å². The Morgan fingerprint density at radius 2 is 2.00 bits per heavy atom. The molecule has 0 atom stereocenters. The molecule has 0 aromatic rings. The number of rotatable bonds is 4. The number of nitrogens with zero attached hydrogens (tertiary/aromatic N) is 2. The van der Waals surface area contributed by atoms with Crippen molar-refractivity contribution in [3.8, 4) is 0 Å². The number of hydrogen-bond donors (Lipinski definition) is 1. The summed E-state index contributed by atoms with van der Waals surface area (Å²) >= 11 is 0. The number of ketones is 1. The lowest BCUT2D eigenvalue weighted by Crippen LogP contribution is -2.19. The molecule has 4 heteroatoms. The molecule has 0 spiro atoms. The lowest BCUT2D eigenvalue weighted by Gasteiger charge is -1.98. The first kappa shape index (κ1) is 10.8. The largest absolute Gasteiger partial charge is 0.410 e. The molecule has 0 unspecified atom stereocenters. The number of carbonyl (C=O) groups excluding carboxylic acids is 1. The van der Waals surface area contributed by atoms with Gasteiger partial charge in [-0.2, -0.15) is 0 Å². The van der Waals surface area contributed by atoms with E-state index in [-0.39, 0.29) is 11.5 Å². The summed E-state index contributed by atoms with van der Waals surface area (Å²) in [5.74, 6) is -0.269. The molecule has 0 aliphatic rings. The van der Waals surface area contributed by atoms with Gasteiger partial charge < -0.3 is 5.21 Å². The van der Waals surface area contributed by atoms with E-state index in [0.29, 0.717) is 12.3 Å². The third-order valence-corrected chi connectivity index (χ3v) is 1.35. The van der Waals surface area contributed by atoms with Crippen molar-refractivity contribution < 1.29 is 10.0 Å². The lowest BCUT2D eigenvalue weighted by atomic mass is 10.2. The molecular weight excluding hydrogens is 156 g/mol. The van der Waals surface area contributed by atoms with Crippen molar-refractivity contribution in [1.82, 2.24) is 0 Å². The monoisotopic (exact) mass is 170 g/mol. The molecule has 4 nitrogen and oxygen atoms in total. The van der Waals surface area contributed by atoms with E-state index in [0.717, 1.165) is 6.42 Å². The second-order valence-corrected chi connectivity index (χ2v) is 2.47. The van der Waals surface area contributed by atoms with E-state index in [2.05, 4.69) is 10.1 Å². The third kappa shape index (κ3) is 3.27. The normalized spacial score (nSPS) is 13.2. The van der Waals surface area contributed by atoms with Crippen LogP contribution in [0.25, 0.3) is 0 Å². The Balaban J connectivity index is 4.43. The molecular formula is C8H14N2O2. The van der Waals surface area contributed by atoms with Crippen LogP contribution in [-0.2, 0) is 4.79 Å². The predicted octanol–water partition coefficient (Wildman–Crippen LogP) is 1.28. The molecule has 0 amide bonds. The van der Waals surface area contributed by atoms with Gasteiger partial charge in [0.25, 0.3) is 0 Å². The first-order chi connectivity index (χ1) is 5.63. The van der Waals surface area contributed by atoms with Gasteiger partial charge in [-0.25, -0.2) is 0 Å². The zero-order chi connectivity index (χ0) is 9.56. The Labute approximate surface area is 72.0 Å². The second-order valence-electron chi connectivity index (χ2n) is 2.47. The van der Waals surface area contributed by atoms with Gasteiger partial charge in [-0.3, -0.25) is 9.79 Å². The van der Waals surface area contributed by atoms with E-state index < -0.39 is 0 Å². The molecule has 1 N–H and O–H groups in total. The number of carbonyl (C=O) groups is 1. The minimum atomic E-state index is -0.269. The van der Waals surface area contributed by atoms with Crippen molar-refractivity contribution in [1.29, 1.82) is 0 Å². The molecule has 0 aliphatic heterocycles. The smallest absolute Gasteiger partial charge is 0.183 e. The summed E-state index contributed by atoms with van der Waals surface area (Å²) in [5, 5.41) is 11.3. The maximum Gasteiger partial charge on any atom is 0.183 e. The fraction of sp³-hybridized carbons (Fsp3) is 0.625. The molecule has 0 aliphatic carbocycles. The van der Waals surface area contributed by atoms with Crippen molar-refractivity contribution in [3.05, 3.63) is 0 Å². The highest BCUT2D eigenvalue weighted by Gasteiger charge is 2.09. The van der Waals surface area contributed by atoms with Crippen molar-refractivity contribution in [2.24, 2.45) is 10.1 Å². The van der Waals surface area contributed by atoms with Crippen LogP contribution in [0.2, 0.25) is 0 Å². The summed E-state index contributed by atoms with van der Waals surface area (Å²) < 4.78 is 0. The third-order valence-electron chi connectivity index (χ3n) is 1.35. The maximum atomic E-state index is 10.8. The van der Waals surface area contributed by atoms with Crippen molar-refractivity contribution >= 4 is 17.2 Å². The molecule has 0 aromatic carbocycles. The van der Waals surface area contributed by atoms with Gasteiger partial charge in [-0.1, -0.05) is 12.1 Å². The van der Waals surface area contributed by atoms with Gasteiger partial charge in [0.1, 0.15) is 0 Å². The van der Waals surface area contributed by atoms with Gasteiger partial charge in [-0.05, 0) is 13.3 Å². The average Bonchev–Trinajstić information content (AvgIpc) is 2.01. The molecule has 0 saturated carbocycles. The molecule has 0 bridgehead atoms.